The number of hydrogen-bond acceptors (Lipinski definition) is 3. The van der Waals surface area contributed by atoms with Crippen molar-refractivity contribution in [2.24, 2.45) is 0 Å². The molecule has 1 atom stereocenters. The number of rotatable bonds is 5. The number of hydrogen-bond donors (Lipinski definition) is 3. The maximum Gasteiger partial charge on any atom is 0.319 e. The smallest absolute Gasteiger partial charge is 0.319 e. The zero-order chi connectivity index (χ0) is 19.4. The van der Waals surface area contributed by atoms with Crippen LogP contribution in [-0.4, -0.2) is 18.5 Å². The molecule has 2 aromatic carbocycles. The van der Waals surface area contributed by atoms with Crippen molar-refractivity contribution < 1.29 is 18.7 Å². The Labute approximate surface area is 156 Å². The van der Waals surface area contributed by atoms with Crippen LogP contribution in [-0.2, 0) is 4.79 Å². The van der Waals surface area contributed by atoms with E-state index in [0.29, 0.717) is 34.9 Å². The number of nitrogens with one attached hydrogen (secondary N) is 3. The van der Waals surface area contributed by atoms with Gasteiger partial charge in [0.25, 0.3) is 5.91 Å². The molecule has 0 fully saturated rings. The zero-order valence-electron chi connectivity index (χ0n) is 15.0. The predicted molar refractivity (Wildman–Crippen MR) is 99.7 cm³/mol. The Hall–Kier alpha value is -3.35. The van der Waals surface area contributed by atoms with Gasteiger partial charge in [-0.1, -0.05) is 12.1 Å². The minimum Gasteiger partial charge on any atom is -0.494 e. The van der Waals surface area contributed by atoms with Crippen LogP contribution in [0.1, 0.15) is 25.5 Å². The van der Waals surface area contributed by atoms with Gasteiger partial charge in [0.1, 0.15) is 11.6 Å². The summed E-state index contributed by atoms with van der Waals surface area (Å²) in [5, 5.41) is 8.14. The first-order valence-corrected chi connectivity index (χ1v) is 8.56. The molecular weight excluding hydrogens is 349 g/mol. The number of carbonyl (C=O) groups is 2. The molecule has 0 saturated carbocycles. The van der Waals surface area contributed by atoms with Gasteiger partial charge < -0.3 is 20.7 Å². The van der Waals surface area contributed by atoms with Crippen LogP contribution in [0.15, 0.2) is 59.8 Å². The number of carbonyl (C=O) groups excluding carboxylic acids is 2. The molecule has 2 aromatic rings. The molecule has 1 heterocycles. The molecule has 0 bridgehead atoms. The molecule has 0 saturated heterocycles. The van der Waals surface area contributed by atoms with E-state index in [4.69, 9.17) is 4.74 Å². The molecule has 7 heteroatoms. The number of allylic oxidation sites excluding steroid dienone is 1. The highest BCUT2D eigenvalue weighted by Gasteiger charge is 2.31. The second-order valence-electron chi connectivity index (χ2n) is 6.03. The fraction of sp³-hybridized carbons (Fsp3) is 0.200. The molecule has 3 amide bonds. The third kappa shape index (κ3) is 4.25. The summed E-state index contributed by atoms with van der Waals surface area (Å²) in [5.41, 5.74) is 2.01. The van der Waals surface area contributed by atoms with Gasteiger partial charge in [0, 0.05) is 11.4 Å². The van der Waals surface area contributed by atoms with Gasteiger partial charge in [-0.3, -0.25) is 4.79 Å². The number of amides is 3. The van der Waals surface area contributed by atoms with Crippen LogP contribution in [0, 0.1) is 5.82 Å². The summed E-state index contributed by atoms with van der Waals surface area (Å²) in [6.07, 6.45) is 0. The zero-order valence-corrected chi connectivity index (χ0v) is 15.0. The molecule has 3 N–H and O–H groups in total. The Bertz CT molecular complexity index is 876. The van der Waals surface area contributed by atoms with Crippen LogP contribution in [0.25, 0.3) is 0 Å². The van der Waals surface area contributed by atoms with Gasteiger partial charge >= 0.3 is 6.03 Å². The van der Waals surface area contributed by atoms with E-state index >= 15 is 0 Å². The first-order chi connectivity index (χ1) is 13.0. The quantitative estimate of drug-likeness (QED) is 0.755. The number of halogens is 1. The van der Waals surface area contributed by atoms with Crippen molar-refractivity contribution in [3.8, 4) is 5.75 Å². The van der Waals surface area contributed by atoms with Crippen molar-refractivity contribution in [2.75, 3.05) is 11.9 Å². The Balaban J connectivity index is 1.86. The number of urea groups is 1. The van der Waals surface area contributed by atoms with E-state index in [2.05, 4.69) is 16.0 Å². The first-order valence-electron chi connectivity index (χ1n) is 8.56. The summed E-state index contributed by atoms with van der Waals surface area (Å²) in [6, 6.07) is 11.6. The minimum absolute atomic E-state index is 0.357. The van der Waals surface area contributed by atoms with Gasteiger partial charge in [0.15, 0.2) is 0 Å². The molecular formula is C20H20FN3O3. The highest BCUT2D eigenvalue weighted by Crippen LogP contribution is 2.28. The number of ether oxygens (including phenoxy) is 1. The molecule has 0 spiro atoms. The van der Waals surface area contributed by atoms with Crippen molar-refractivity contribution in [1.82, 2.24) is 10.6 Å². The Kier molecular flexibility index (Phi) is 5.40. The van der Waals surface area contributed by atoms with Crippen molar-refractivity contribution in [3.05, 3.63) is 71.2 Å². The minimum atomic E-state index is -0.679. The summed E-state index contributed by atoms with van der Waals surface area (Å²) in [5.74, 6) is -0.0414. The van der Waals surface area contributed by atoms with Crippen molar-refractivity contribution in [3.63, 3.8) is 0 Å². The normalized spacial score (nSPS) is 16.4. The molecule has 1 aliphatic heterocycles. The fourth-order valence-corrected chi connectivity index (χ4v) is 2.90. The van der Waals surface area contributed by atoms with E-state index in [1.807, 2.05) is 6.92 Å². The lowest BCUT2D eigenvalue weighted by Gasteiger charge is -2.28. The van der Waals surface area contributed by atoms with Crippen LogP contribution < -0.4 is 20.7 Å². The Morgan fingerprint density at radius 2 is 1.81 bits per heavy atom. The highest BCUT2D eigenvalue weighted by atomic mass is 19.1. The summed E-state index contributed by atoms with van der Waals surface area (Å²) in [4.78, 5) is 24.8. The van der Waals surface area contributed by atoms with Gasteiger partial charge in [-0.15, -0.1) is 0 Å². The van der Waals surface area contributed by atoms with Crippen LogP contribution in [0.2, 0.25) is 0 Å². The predicted octanol–water partition coefficient (Wildman–Crippen LogP) is 3.49. The van der Waals surface area contributed by atoms with Crippen LogP contribution >= 0.6 is 0 Å². The maximum absolute atomic E-state index is 13.2. The van der Waals surface area contributed by atoms with E-state index in [1.165, 1.54) is 12.1 Å². The topological polar surface area (TPSA) is 79.5 Å². The van der Waals surface area contributed by atoms with E-state index in [9.17, 15) is 14.0 Å². The summed E-state index contributed by atoms with van der Waals surface area (Å²) in [7, 11) is 0. The summed E-state index contributed by atoms with van der Waals surface area (Å²) >= 11 is 0. The molecule has 0 aliphatic carbocycles. The lowest BCUT2D eigenvalue weighted by atomic mass is 9.95. The van der Waals surface area contributed by atoms with Crippen molar-refractivity contribution >= 4 is 17.6 Å². The van der Waals surface area contributed by atoms with E-state index < -0.39 is 12.1 Å². The van der Waals surface area contributed by atoms with E-state index in [1.54, 1.807) is 43.3 Å². The van der Waals surface area contributed by atoms with E-state index in [0.717, 1.165) is 0 Å². The van der Waals surface area contributed by atoms with Gasteiger partial charge in [-0.25, -0.2) is 9.18 Å². The van der Waals surface area contributed by atoms with E-state index in [-0.39, 0.29) is 11.7 Å². The van der Waals surface area contributed by atoms with Crippen LogP contribution in [0.4, 0.5) is 14.9 Å². The second kappa shape index (κ2) is 7.90. The fourth-order valence-electron chi connectivity index (χ4n) is 2.90. The molecule has 140 valence electrons. The molecule has 3 rings (SSSR count). The van der Waals surface area contributed by atoms with Gasteiger partial charge in [-0.05, 0) is 55.8 Å². The second-order valence-corrected chi connectivity index (χ2v) is 6.03. The van der Waals surface area contributed by atoms with Crippen molar-refractivity contribution in [1.29, 1.82) is 0 Å². The SMILES string of the molecule is CCOc1ccc(NC(=O)C2=C(C)NC(=O)NC2c2ccc(F)cc2)cc1. The average molecular weight is 369 g/mol. The Morgan fingerprint density at radius 1 is 1.15 bits per heavy atom. The largest absolute Gasteiger partial charge is 0.494 e. The summed E-state index contributed by atoms with van der Waals surface area (Å²) < 4.78 is 18.6. The number of anilines is 1. The molecule has 0 aromatic heterocycles. The molecule has 0 radical (unpaired) electrons. The number of benzene rings is 2. The molecule has 27 heavy (non-hydrogen) atoms. The lowest BCUT2D eigenvalue weighted by Crippen LogP contribution is -2.45. The van der Waals surface area contributed by atoms with Gasteiger partial charge in [0.2, 0.25) is 0 Å². The molecule has 6 nitrogen and oxygen atoms in total. The van der Waals surface area contributed by atoms with Crippen molar-refractivity contribution in [2.45, 2.75) is 19.9 Å². The van der Waals surface area contributed by atoms with Crippen LogP contribution in [0.3, 0.4) is 0 Å². The third-order valence-corrected chi connectivity index (χ3v) is 4.14. The highest BCUT2D eigenvalue weighted by molar-refractivity contribution is 6.06. The third-order valence-electron chi connectivity index (χ3n) is 4.14. The van der Waals surface area contributed by atoms with Crippen LogP contribution in [0.5, 0.6) is 5.75 Å². The Morgan fingerprint density at radius 3 is 2.44 bits per heavy atom. The van der Waals surface area contributed by atoms with Gasteiger partial charge in [-0.2, -0.15) is 0 Å². The lowest BCUT2D eigenvalue weighted by molar-refractivity contribution is -0.113. The monoisotopic (exact) mass is 369 g/mol. The average Bonchev–Trinajstić information content (AvgIpc) is 2.63. The molecule has 1 aliphatic rings. The van der Waals surface area contributed by atoms with Gasteiger partial charge in [0.05, 0.1) is 18.2 Å². The standard InChI is InChI=1S/C20H20FN3O3/c1-3-27-16-10-8-15(9-11-16)23-19(25)17-12(2)22-20(26)24-18(17)13-4-6-14(21)7-5-13/h4-11,18H,3H2,1-2H3,(H,23,25)(H2,22,24,26). The summed E-state index contributed by atoms with van der Waals surface area (Å²) in [6.45, 7) is 4.11. The maximum atomic E-state index is 13.2. The first kappa shape index (κ1) is 18.4. The molecule has 1 unspecified atom stereocenters.